The van der Waals surface area contributed by atoms with Crippen molar-refractivity contribution in [1.82, 2.24) is 0 Å². The zero-order chi connectivity index (χ0) is 24.4. The van der Waals surface area contributed by atoms with E-state index in [4.69, 9.17) is 4.12 Å². The van der Waals surface area contributed by atoms with Crippen molar-refractivity contribution in [1.29, 1.82) is 0 Å². The Morgan fingerprint density at radius 3 is 0.914 bits per heavy atom. The summed E-state index contributed by atoms with van der Waals surface area (Å²) < 4.78 is 8.67. The Kier molecular flexibility index (Phi) is 11.8. The molecule has 4 fully saturated rings. The van der Waals surface area contributed by atoms with Crippen molar-refractivity contribution in [3.63, 3.8) is 0 Å². The first-order valence-electron chi connectivity index (χ1n) is 17.0. The third-order valence-electron chi connectivity index (χ3n) is 11.4. The topological polar surface area (TPSA) is 9.23 Å². The summed E-state index contributed by atoms with van der Waals surface area (Å²) in [5.41, 5.74) is 4.02. The largest absolute Gasteiger partial charge is 0.454 e. The van der Waals surface area contributed by atoms with Crippen LogP contribution in [0.15, 0.2) is 0 Å². The number of hydrogen-bond donors (Lipinski definition) is 0. The van der Waals surface area contributed by atoms with Crippen LogP contribution in [0.3, 0.4) is 0 Å². The van der Waals surface area contributed by atoms with E-state index in [-0.39, 0.29) is 0 Å². The van der Waals surface area contributed by atoms with E-state index in [0.29, 0.717) is 0 Å². The molecule has 0 saturated heterocycles. The predicted octanol–water partition coefficient (Wildman–Crippen LogP) is 11.8. The zero-order valence-corrected chi connectivity index (χ0v) is 26.1. The third-order valence-corrected chi connectivity index (χ3v) is 24.6. The average molecular weight is 519 g/mol. The van der Waals surface area contributed by atoms with Gasteiger partial charge in [-0.2, -0.15) is 0 Å². The number of rotatable bonds is 12. The summed E-state index contributed by atoms with van der Waals surface area (Å²) in [5, 5.41) is 0. The highest BCUT2D eigenvalue weighted by molar-refractivity contribution is 6.90. The van der Waals surface area contributed by atoms with Crippen LogP contribution >= 0.6 is 0 Å². The van der Waals surface area contributed by atoms with Crippen molar-refractivity contribution < 1.29 is 4.12 Å². The van der Waals surface area contributed by atoms with Crippen LogP contribution in [0, 0.1) is 0 Å². The van der Waals surface area contributed by atoms with Crippen molar-refractivity contribution in [2.75, 3.05) is 0 Å². The molecule has 35 heavy (non-hydrogen) atoms. The maximum Gasteiger partial charge on any atom is 0.185 e. The molecule has 4 aliphatic rings. The number of unbranched alkanes of at least 4 members (excludes halogenated alkanes) is 2. The van der Waals surface area contributed by atoms with Crippen molar-refractivity contribution in [2.24, 2.45) is 0 Å². The predicted molar refractivity (Wildman–Crippen MR) is 159 cm³/mol. The van der Waals surface area contributed by atoms with Gasteiger partial charge in [-0.15, -0.1) is 0 Å². The van der Waals surface area contributed by atoms with Gasteiger partial charge in [0.1, 0.15) is 0 Å². The van der Waals surface area contributed by atoms with Gasteiger partial charge in [-0.1, -0.05) is 168 Å². The normalized spacial score (nSPS) is 25.2. The van der Waals surface area contributed by atoms with Gasteiger partial charge in [-0.25, -0.2) is 0 Å². The molecule has 0 amide bonds. The Morgan fingerprint density at radius 1 is 0.429 bits per heavy atom. The lowest BCUT2D eigenvalue weighted by Crippen LogP contribution is -2.61. The van der Waals surface area contributed by atoms with E-state index in [1.165, 1.54) is 103 Å². The molecule has 0 unspecified atom stereocenters. The molecule has 0 aromatic rings. The second-order valence-electron chi connectivity index (χ2n) is 13.6. The Balaban J connectivity index is 1.77. The van der Waals surface area contributed by atoms with Crippen molar-refractivity contribution in [3.8, 4) is 0 Å². The fourth-order valence-corrected chi connectivity index (χ4v) is 26.2. The van der Waals surface area contributed by atoms with Crippen LogP contribution < -0.4 is 0 Å². The smallest absolute Gasteiger partial charge is 0.185 e. The van der Waals surface area contributed by atoms with E-state index < -0.39 is 16.6 Å². The van der Waals surface area contributed by atoms with Crippen molar-refractivity contribution >= 4 is 16.6 Å². The second kappa shape index (κ2) is 14.5. The molecule has 0 atom stereocenters. The summed E-state index contributed by atoms with van der Waals surface area (Å²) in [7, 11) is -3.61. The Hall–Kier alpha value is 0.394. The molecule has 0 aromatic heterocycles. The van der Waals surface area contributed by atoms with Crippen LogP contribution in [0.4, 0.5) is 0 Å². The summed E-state index contributed by atoms with van der Waals surface area (Å²) in [6, 6.07) is 3.08. The molecule has 0 bridgehead atoms. The molecule has 0 aliphatic heterocycles. The lowest BCUT2D eigenvalue weighted by molar-refractivity contribution is 0.331. The summed E-state index contributed by atoms with van der Waals surface area (Å²) in [6.45, 7) is 4.93. The summed E-state index contributed by atoms with van der Waals surface area (Å²) >= 11 is 0. The maximum absolute atomic E-state index is 8.67. The number of hydrogen-bond acceptors (Lipinski definition) is 1. The van der Waals surface area contributed by atoms with Gasteiger partial charge in [-0.3, -0.25) is 0 Å². The minimum Gasteiger partial charge on any atom is -0.454 e. The van der Waals surface area contributed by atoms with E-state index in [0.717, 1.165) is 22.2 Å². The average Bonchev–Trinajstić information content (AvgIpc) is 2.95. The standard InChI is InChI=1S/C32H62OSi2/c1-3-5-27-34(29-19-11-7-12-20-29,30-21-13-8-14-22-30)33-35(28-6-4-2,31-23-15-9-16-24-31)32-25-17-10-18-26-32/h29-32H,3-28H2,1-2H3. The Bertz CT molecular complexity index is 482. The highest BCUT2D eigenvalue weighted by Gasteiger charge is 2.58. The molecule has 0 N–H and O–H groups in total. The van der Waals surface area contributed by atoms with Crippen LogP contribution in [0.5, 0.6) is 0 Å². The van der Waals surface area contributed by atoms with Crippen LogP contribution in [-0.2, 0) is 4.12 Å². The minimum atomic E-state index is -1.81. The van der Waals surface area contributed by atoms with Crippen molar-refractivity contribution in [2.45, 2.75) is 202 Å². The van der Waals surface area contributed by atoms with E-state index in [9.17, 15) is 0 Å². The second-order valence-corrected chi connectivity index (χ2v) is 22.5. The lowest BCUT2D eigenvalue weighted by Gasteiger charge is -2.57. The fourth-order valence-electron chi connectivity index (χ4n) is 9.54. The maximum atomic E-state index is 8.67. The highest BCUT2D eigenvalue weighted by atomic mass is 28.4. The molecular weight excluding hydrogens is 457 g/mol. The Labute approximate surface area is 222 Å². The van der Waals surface area contributed by atoms with Crippen LogP contribution in [-0.4, -0.2) is 16.6 Å². The molecule has 204 valence electrons. The van der Waals surface area contributed by atoms with Gasteiger partial charge in [0, 0.05) is 0 Å². The molecule has 0 radical (unpaired) electrons. The summed E-state index contributed by atoms with van der Waals surface area (Å²) in [5.74, 6) is 0. The quantitative estimate of drug-likeness (QED) is 0.233. The summed E-state index contributed by atoms with van der Waals surface area (Å²) in [6.07, 6.45) is 36.1. The van der Waals surface area contributed by atoms with Gasteiger partial charge in [0.25, 0.3) is 0 Å². The first kappa shape index (κ1) is 28.4. The van der Waals surface area contributed by atoms with Gasteiger partial charge in [0.2, 0.25) is 0 Å². The highest BCUT2D eigenvalue weighted by Crippen LogP contribution is 2.58. The van der Waals surface area contributed by atoms with Crippen molar-refractivity contribution in [3.05, 3.63) is 0 Å². The van der Waals surface area contributed by atoms with E-state index >= 15 is 0 Å². The Morgan fingerprint density at radius 2 is 0.686 bits per heavy atom. The molecule has 0 heterocycles. The fraction of sp³-hybridized carbons (Fsp3) is 1.00. The molecule has 0 aromatic carbocycles. The molecule has 4 rings (SSSR count). The lowest BCUT2D eigenvalue weighted by atomic mass is 9.99. The van der Waals surface area contributed by atoms with Crippen LogP contribution in [0.25, 0.3) is 0 Å². The van der Waals surface area contributed by atoms with Gasteiger partial charge >= 0.3 is 0 Å². The molecule has 1 nitrogen and oxygen atoms in total. The van der Waals surface area contributed by atoms with Crippen LogP contribution in [0.1, 0.15) is 168 Å². The van der Waals surface area contributed by atoms with Gasteiger partial charge in [-0.05, 0) is 34.3 Å². The van der Waals surface area contributed by atoms with E-state index in [1.54, 1.807) is 63.5 Å². The molecular formula is C32H62OSi2. The first-order valence-corrected chi connectivity index (χ1v) is 21.5. The van der Waals surface area contributed by atoms with Crippen LogP contribution in [0.2, 0.25) is 34.3 Å². The van der Waals surface area contributed by atoms with Gasteiger partial charge in [0.05, 0.1) is 0 Å². The minimum absolute atomic E-state index is 1.01. The SMILES string of the molecule is CCCC[Si](O[Si](CCCC)(C1CCCCC1)C1CCCCC1)(C1CCCCC1)C1CCCCC1. The first-order chi connectivity index (χ1) is 17.2. The summed E-state index contributed by atoms with van der Waals surface area (Å²) in [4.78, 5) is 0. The molecule has 4 saturated carbocycles. The molecule has 0 spiro atoms. The zero-order valence-electron chi connectivity index (χ0n) is 24.1. The van der Waals surface area contributed by atoms with Gasteiger partial charge < -0.3 is 4.12 Å². The monoisotopic (exact) mass is 518 g/mol. The van der Waals surface area contributed by atoms with E-state index in [2.05, 4.69) is 13.8 Å². The third kappa shape index (κ3) is 6.89. The molecule has 3 heteroatoms. The van der Waals surface area contributed by atoms with E-state index in [1.807, 2.05) is 0 Å². The molecule has 4 aliphatic carbocycles. The van der Waals surface area contributed by atoms with Gasteiger partial charge in [0.15, 0.2) is 16.6 Å².